The Kier molecular flexibility index (Phi) is 3.42. The number of amides is 1. The third-order valence-electron chi connectivity index (χ3n) is 2.30. The van der Waals surface area contributed by atoms with Crippen LogP contribution in [-0.2, 0) is 4.79 Å². The predicted octanol–water partition coefficient (Wildman–Crippen LogP) is 0.981. The number of aromatic nitrogens is 2. The highest BCUT2D eigenvalue weighted by atomic mass is 32.1. The van der Waals surface area contributed by atoms with Gasteiger partial charge in [-0.3, -0.25) is 4.79 Å². The first-order valence-electron chi connectivity index (χ1n) is 5.21. The van der Waals surface area contributed by atoms with E-state index in [1.165, 1.54) is 15.7 Å². The molecule has 9 heteroatoms. The predicted molar refractivity (Wildman–Crippen MR) is 66.6 cm³/mol. The van der Waals surface area contributed by atoms with E-state index in [0.29, 0.717) is 17.9 Å². The second-order valence-corrected chi connectivity index (χ2v) is 4.47. The summed E-state index contributed by atoms with van der Waals surface area (Å²) in [6.07, 6.45) is 2.35. The van der Waals surface area contributed by atoms with Crippen molar-refractivity contribution in [2.45, 2.75) is 12.8 Å². The molecule has 0 aliphatic heterocycles. The van der Waals surface area contributed by atoms with Crippen LogP contribution in [0.4, 0.5) is 11.6 Å². The second kappa shape index (κ2) is 5.00. The average Bonchev–Trinajstić information content (AvgIpc) is 2.82. The van der Waals surface area contributed by atoms with Gasteiger partial charge in [0.1, 0.15) is 6.20 Å². The summed E-state index contributed by atoms with van der Waals surface area (Å²) >= 11 is 1.32. The Hall–Kier alpha value is -2.16. The molecule has 0 saturated heterocycles. The van der Waals surface area contributed by atoms with Crippen molar-refractivity contribution in [1.29, 1.82) is 0 Å². The van der Waals surface area contributed by atoms with Crippen LogP contribution in [0, 0.1) is 10.1 Å². The van der Waals surface area contributed by atoms with Crippen LogP contribution in [0.25, 0.3) is 4.96 Å². The van der Waals surface area contributed by atoms with Crippen molar-refractivity contribution in [2.24, 2.45) is 5.73 Å². The van der Waals surface area contributed by atoms with Gasteiger partial charge in [-0.15, -0.1) is 0 Å². The maximum absolute atomic E-state index is 11.0. The first kappa shape index (κ1) is 12.3. The SMILES string of the molecule is NC(=O)CCCNc1nc2sccn2c1[N+](=O)[O-]. The molecule has 0 fully saturated rings. The molecule has 18 heavy (non-hydrogen) atoms. The molecular weight excluding hydrogens is 258 g/mol. The summed E-state index contributed by atoms with van der Waals surface area (Å²) in [6, 6.07) is 0. The molecule has 2 rings (SSSR count). The van der Waals surface area contributed by atoms with Crippen molar-refractivity contribution in [1.82, 2.24) is 9.38 Å². The van der Waals surface area contributed by atoms with Gasteiger partial charge in [-0.1, -0.05) is 11.3 Å². The molecule has 2 aromatic heterocycles. The monoisotopic (exact) mass is 269 g/mol. The Labute approximate surface area is 106 Å². The number of anilines is 1. The minimum Gasteiger partial charge on any atom is -0.370 e. The number of rotatable bonds is 6. The van der Waals surface area contributed by atoms with Gasteiger partial charge in [0.2, 0.25) is 11.7 Å². The number of hydrogen-bond donors (Lipinski definition) is 2. The minimum absolute atomic E-state index is 0.0923. The van der Waals surface area contributed by atoms with Gasteiger partial charge in [0.15, 0.2) is 0 Å². The first-order valence-corrected chi connectivity index (χ1v) is 6.09. The van der Waals surface area contributed by atoms with Crippen LogP contribution in [-0.4, -0.2) is 26.8 Å². The summed E-state index contributed by atoms with van der Waals surface area (Å²) in [5.74, 6) is -0.265. The Morgan fingerprint density at radius 1 is 1.67 bits per heavy atom. The van der Waals surface area contributed by atoms with Crippen LogP contribution in [0.2, 0.25) is 0 Å². The molecule has 0 unspecified atom stereocenters. The smallest absolute Gasteiger partial charge is 0.370 e. The van der Waals surface area contributed by atoms with Crippen molar-refractivity contribution in [2.75, 3.05) is 11.9 Å². The van der Waals surface area contributed by atoms with Gasteiger partial charge >= 0.3 is 5.82 Å². The molecule has 0 atom stereocenters. The molecule has 0 bridgehead atoms. The van der Waals surface area contributed by atoms with Crippen molar-refractivity contribution >= 4 is 33.8 Å². The van der Waals surface area contributed by atoms with Gasteiger partial charge < -0.3 is 21.2 Å². The molecule has 2 heterocycles. The molecule has 96 valence electrons. The van der Waals surface area contributed by atoms with Crippen LogP contribution in [0.3, 0.4) is 0 Å². The topological polar surface area (TPSA) is 116 Å². The fourth-order valence-corrected chi connectivity index (χ4v) is 2.25. The molecule has 1 amide bonds. The molecular formula is C9H11N5O3S. The fourth-order valence-electron chi connectivity index (χ4n) is 1.54. The number of hydrogen-bond acceptors (Lipinski definition) is 6. The number of primary amides is 1. The molecule has 8 nitrogen and oxygen atoms in total. The summed E-state index contributed by atoms with van der Waals surface area (Å²) in [7, 11) is 0. The number of carbonyl (C=O) groups is 1. The van der Waals surface area contributed by atoms with Crippen LogP contribution < -0.4 is 11.1 Å². The summed E-state index contributed by atoms with van der Waals surface area (Å²) in [6.45, 7) is 0.411. The van der Waals surface area contributed by atoms with E-state index < -0.39 is 10.8 Å². The quantitative estimate of drug-likeness (QED) is 0.460. The standard InChI is InChI=1S/C9H11N5O3S/c10-6(15)2-1-3-11-7-8(14(16)17)13-4-5-18-9(13)12-7/h4-5,11H,1-3H2,(H2,10,15). The zero-order valence-corrected chi connectivity index (χ0v) is 10.1. The molecule has 3 N–H and O–H groups in total. The van der Waals surface area contributed by atoms with Crippen LogP contribution in [0.15, 0.2) is 11.6 Å². The lowest BCUT2D eigenvalue weighted by Gasteiger charge is -2.01. The maximum atomic E-state index is 11.0. The normalized spacial score (nSPS) is 10.7. The molecule has 0 aliphatic rings. The van der Waals surface area contributed by atoms with E-state index in [2.05, 4.69) is 10.3 Å². The molecule has 0 aromatic carbocycles. The number of nitro groups is 1. The number of carbonyl (C=O) groups excluding carboxylic acids is 1. The Morgan fingerprint density at radius 2 is 2.44 bits per heavy atom. The summed E-state index contributed by atoms with van der Waals surface area (Å²) in [5, 5.41) is 15.6. The third kappa shape index (κ3) is 2.40. The number of nitrogens with zero attached hydrogens (tertiary/aromatic N) is 3. The lowest BCUT2D eigenvalue weighted by Crippen LogP contribution is -2.13. The van der Waals surface area contributed by atoms with E-state index in [0.717, 1.165) is 0 Å². The van der Waals surface area contributed by atoms with Crippen molar-refractivity contribution < 1.29 is 9.72 Å². The summed E-state index contributed by atoms with van der Waals surface area (Å²) in [4.78, 5) is 25.7. The highest BCUT2D eigenvalue weighted by Gasteiger charge is 2.22. The lowest BCUT2D eigenvalue weighted by molar-refractivity contribution is -0.389. The summed E-state index contributed by atoms with van der Waals surface area (Å²) in [5.41, 5.74) is 5.00. The molecule has 0 aliphatic carbocycles. The van der Waals surface area contributed by atoms with Crippen LogP contribution in [0.1, 0.15) is 12.8 Å². The van der Waals surface area contributed by atoms with Gasteiger partial charge in [-0.25, -0.2) is 0 Å². The number of thiazole rings is 1. The third-order valence-corrected chi connectivity index (χ3v) is 3.06. The Bertz CT molecular complexity index is 590. The highest BCUT2D eigenvalue weighted by Crippen LogP contribution is 2.27. The van der Waals surface area contributed by atoms with Gasteiger partial charge in [-0.05, 0) is 11.3 Å². The Morgan fingerprint density at radius 3 is 3.11 bits per heavy atom. The largest absolute Gasteiger partial charge is 0.372 e. The molecule has 0 spiro atoms. The zero-order valence-electron chi connectivity index (χ0n) is 9.33. The van der Waals surface area contributed by atoms with Crippen molar-refractivity contribution in [3.05, 3.63) is 21.7 Å². The highest BCUT2D eigenvalue weighted by molar-refractivity contribution is 7.15. The van der Waals surface area contributed by atoms with Gasteiger partial charge in [0, 0.05) is 18.3 Å². The van der Waals surface area contributed by atoms with Crippen molar-refractivity contribution in [3.63, 3.8) is 0 Å². The molecule has 0 saturated carbocycles. The number of imidazole rings is 1. The van der Waals surface area contributed by atoms with E-state index in [-0.39, 0.29) is 18.1 Å². The van der Waals surface area contributed by atoms with Crippen molar-refractivity contribution in [3.8, 4) is 0 Å². The molecule has 0 radical (unpaired) electrons. The maximum Gasteiger partial charge on any atom is 0.372 e. The van der Waals surface area contributed by atoms with Gasteiger partial charge in [0.25, 0.3) is 4.96 Å². The number of nitrogens with one attached hydrogen (secondary N) is 1. The first-order chi connectivity index (χ1) is 8.59. The second-order valence-electron chi connectivity index (χ2n) is 3.59. The average molecular weight is 269 g/mol. The van der Waals surface area contributed by atoms with E-state index >= 15 is 0 Å². The van der Waals surface area contributed by atoms with Crippen LogP contribution >= 0.6 is 11.3 Å². The summed E-state index contributed by atoms with van der Waals surface area (Å²) < 4.78 is 1.42. The minimum atomic E-state index is -0.483. The van der Waals surface area contributed by atoms with E-state index in [9.17, 15) is 14.9 Å². The zero-order chi connectivity index (χ0) is 13.1. The van der Waals surface area contributed by atoms with Gasteiger partial charge in [0.05, 0.1) is 0 Å². The number of fused-ring (bicyclic) bond motifs is 1. The molecule has 2 aromatic rings. The van der Waals surface area contributed by atoms with Crippen LogP contribution in [0.5, 0.6) is 0 Å². The Balaban J connectivity index is 2.12. The van der Waals surface area contributed by atoms with Gasteiger partial charge in [-0.2, -0.15) is 9.38 Å². The van der Waals surface area contributed by atoms with E-state index in [4.69, 9.17) is 5.73 Å². The number of nitrogens with two attached hydrogens (primary N) is 1. The lowest BCUT2D eigenvalue weighted by atomic mass is 10.3. The van der Waals surface area contributed by atoms with E-state index in [1.54, 1.807) is 11.6 Å². The fraction of sp³-hybridized carbons (Fsp3) is 0.333. The van der Waals surface area contributed by atoms with E-state index in [1.807, 2.05) is 0 Å².